The molecule has 3 aromatic rings. The number of hydrogen-bond acceptors (Lipinski definition) is 4. The van der Waals surface area contributed by atoms with Gasteiger partial charge in [-0.15, -0.1) is 0 Å². The summed E-state index contributed by atoms with van der Waals surface area (Å²) < 4.78 is 0. The van der Waals surface area contributed by atoms with E-state index in [1.807, 2.05) is 30.3 Å². The number of benzene rings is 1. The number of amidine groups is 1. The number of para-hydroxylation sites is 1. The van der Waals surface area contributed by atoms with Gasteiger partial charge in [-0.1, -0.05) is 46.7 Å². The molecule has 0 spiro atoms. The summed E-state index contributed by atoms with van der Waals surface area (Å²) in [5.41, 5.74) is 7.09. The second kappa shape index (κ2) is 5.67. The maximum Gasteiger partial charge on any atom is 0.171 e. The highest BCUT2D eigenvalue weighted by Crippen LogP contribution is 2.34. The van der Waals surface area contributed by atoms with E-state index >= 15 is 0 Å². The number of rotatable bonds is 3. The number of aromatic amines is 1. The van der Waals surface area contributed by atoms with Crippen molar-refractivity contribution in [3.05, 3.63) is 53.2 Å². The molecule has 1 aromatic carbocycles. The molecule has 0 aliphatic heterocycles. The molecule has 0 aliphatic carbocycles. The normalized spacial score (nSPS) is 12.0. The number of pyridine rings is 1. The van der Waals surface area contributed by atoms with E-state index in [1.165, 1.54) is 11.8 Å². The van der Waals surface area contributed by atoms with Crippen LogP contribution in [0.2, 0.25) is 5.02 Å². The molecule has 5 nitrogen and oxygen atoms in total. The van der Waals surface area contributed by atoms with Crippen LogP contribution in [-0.2, 0) is 0 Å². The van der Waals surface area contributed by atoms with Crippen LogP contribution in [0.25, 0.3) is 10.9 Å². The summed E-state index contributed by atoms with van der Waals surface area (Å²) in [5, 5.41) is 14.7. The van der Waals surface area contributed by atoms with Crippen molar-refractivity contribution >= 4 is 40.1 Å². The third kappa shape index (κ3) is 2.68. The first-order valence-electron chi connectivity index (χ1n) is 6.07. The Morgan fingerprint density at radius 1 is 1.33 bits per heavy atom. The molecule has 0 aliphatic rings. The first kappa shape index (κ1) is 13.8. The Kier molecular flexibility index (Phi) is 3.72. The minimum absolute atomic E-state index is 0.0408. The van der Waals surface area contributed by atoms with Crippen molar-refractivity contribution in [1.29, 1.82) is 0 Å². The Morgan fingerprint density at radius 3 is 2.90 bits per heavy atom. The largest absolute Gasteiger partial charge is 0.409 e. The Hall–Kier alpha value is -2.18. The molecule has 0 radical (unpaired) electrons. The molecule has 3 rings (SSSR count). The summed E-state index contributed by atoms with van der Waals surface area (Å²) in [5.74, 6) is -0.0408. The topological polar surface area (TPSA) is 87.3 Å². The van der Waals surface area contributed by atoms with Crippen LogP contribution in [0.15, 0.2) is 57.8 Å². The first-order chi connectivity index (χ1) is 10.2. The van der Waals surface area contributed by atoms with Gasteiger partial charge in [0.05, 0.1) is 10.0 Å². The summed E-state index contributed by atoms with van der Waals surface area (Å²) in [4.78, 5) is 7.53. The molecule has 0 saturated carbocycles. The zero-order chi connectivity index (χ0) is 14.8. The average molecular weight is 319 g/mol. The lowest BCUT2D eigenvalue weighted by molar-refractivity contribution is 0.318. The van der Waals surface area contributed by atoms with Gasteiger partial charge in [0.2, 0.25) is 0 Å². The van der Waals surface area contributed by atoms with Crippen molar-refractivity contribution in [2.75, 3.05) is 0 Å². The maximum atomic E-state index is 8.76. The van der Waals surface area contributed by atoms with Crippen molar-refractivity contribution in [3.8, 4) is 0 Å². The molecular weight excluding hydrogens is 308 g/mol. The fraction of sp³-hybridized carbons (Fsp3) is 0. The van der Waals surface area contributed by atoms with Crippen LogP contribution >= 0.6 is 23.4 Å². The molecule has 2 heterocycles. The molecule has 0 atom stereocenters. The predicted octanol–water partition coefficient (Wildman–Crippen LogP) is 3.46. The Bertz CT molecular complexity index is 798. The van der Waals surface area contributed by atoms with Gasteiger partial charge in [0.15, 0.2) is 5.84 Å². The van der Waals surface area contributed by atoms with Gasteiger partial charge in [-0.05, 0) is 18.2 Å². The second-order valence-corrected chi connectivity index (χ2v) is 5.69. The van der Waals surface area contributed by atoms with Gasteiger partial charge in [0.25, 0.3) is 0 Å². The summed E-state index contributed by atoms with van der Waals surface area (Å²) in [6.45, 7) is 0. The first-order valence-corrected chi connectivity index (χ1v) is 7.26. The van der Waals surface area contributed by atoms with Crippen LogP contribution in [0.4, 0.5) is 0 Å². The lowest BCUT2D eigenvalue weighted by atomic mass is 10.2. The standard InChI is InChI=1S/C14H11ClN4OS/c15-12-9(13(16)19-20)5-6-17-14(12)21-11-7-8-3-1-2-4-10(8)18-11/h1-7,18,20H,(H2,16,19). The number of hydrogen-bond donors (Lipinski definition) is 3. The van der Waals surface area contributed by atoms with E-state index in [2.05, 4.69) is 15.1 Å². The number of aromatic nitrogens is 2. The summed E-state index contributed by atoms with van der Waals surface area (Å²) >= 11 is 7.65. The molecule has 4 N–H and O–H groups in total. The van der Waals surface area contributed by atoms with Crippen molar-refractivity contribution in [2.45, 2.75) is 10.1 Å². The van der Waals surface area contributed by atoms with Crippen LogP contribution in [0.1, 0.15) is 5.56 Å². The smallest absolute Gasteiger partial charge is 0.171 e. The van der Waals surface area contributed by atoms with E-state index in [0.29, 0.717) is 15.6 Å². The third-order valence-electron chi connectivity index (χ3n) is 2.95. The van der Waals surface area contributed by atoms with E-state index in [4.69, 9.17) is 22.5 Å². The highest BCUT2D eigenvalue weighted by molar-refractivity contribution is 7.99. The molecule has 7 heteroatoms. The molecule has 0 amide bonds. The Labute approximate surface area is 129 Å². The van der Waals surface area contributed by atoms with E-state index in [-0.39, 0.29) is 5.84 Å². The molecule has 0 unspecified atom stereocenters. The van der Waals surface area contributed by atoms with Crippen molar-refractivity contribution in [1.82, 2.24) is 9.97 Å². The van der Waals surface area contributed by atoms with Gasteiger partial charge in [-0.2, -0.15) is 0 Å². The van der Waals surface area contributed by atoms with Crippen LogP contribution in [0, 0.1) is 0 Å². The van der Waals surface area contributed by atoms with Crippen LogP contribution in [0.5, 0.6) is 0 Å². The number of oxime groups is 1. The number of H-pyrrole nitrogens is 1. The van der Waals surface area contributed by atoms with Gasteiger partial charge < -0.3 is 15.9 Å². The van der Waals surface area contributed by atoms with Crippen LogP contribution < -0.4 is 5.73 Å². The molecule has 106 valence electrons. The molecule has 0 fully saturated rings. The van der Waals surface area contributed by atoms with Crippen molar-refractivity contribution < 1.29 is 5.21 Å². The Morgan fingerprint density at radius 2 is 2.14 bits per heavy atom. The zero-order valence-electron chi connectivity index (χ0n) is 10.7. The van der Waals surface area contributed by atoms with Gasteiger partial charge in [-0.3, -0.25) is 0 Å². The van der Waals surface area contributed by atoms with E-state index < -0.39 is 0 Å². The summed E-state index contributed by atoms with van der Waals surface area (Å²) in [6, 6.07) is 11.6. The van der Waals surface area contributed by atoms with Gasteiger partial charge in [0, 0.05) is 22.7 Å². The summed E-state index contributed by atoms with van der Waals surface area (Å²) in [6.07, 6.45) is 1.57. The number of nitrogens with two attached hydrogens (primary N) is 1. The van der Waals surface area contributed by atoms with E-state index in [9.17, 15) is 0 Å². The number of nitrogens with zero attached hydrogens (tertiary/aromatic N) is 2. The maximum absolute atomic E-state index is 8.76. The van der Waals surface area contributed by atoms with Gasteiger partial charge in [0.1, 0.15) is 5.03 Å². The average Bonchev–Trinajstić information content (AvgIpc) is 2.91. The van der Waals surface area contributed by atoms with Gasteiger partial charge in [-0.25, -0.2) is 4.98 Å². The predicted molar refractivity (Wildman–Crippen MR) is 84.2 cm³/mol. The molecule has 0 bridgehead atoms. The number of fused-ring (bicyclic) bond motifs is 1. The van der Waals surface area contributed by atoms with Crippen molar-refractivity contribution in [2.24, 2.45) is 10.9 Å². The van der Waals surface area contributed by atoms with Crippen molar-refractivity contribution in [3.63, 3.8) is 0 Å². The number of halogens is 1. The minimum Gasteiger partial charge on any atom is -0.409 e. The monoisotopic (exact) mass is 318 g/mol. The van der Waals surface area contributed by atoms with Gasteiger partial charge >= 0.3 is 0 Å². The second-order valence-electron chi connectivity index (χ2n) is 4.29. The van der Waals surface area contributed by atoms with Crippen LogP contribution in [-0.4, -0.2) is 21.0 Å². The molecular formula is C14H11ClN4OS. The Balaban J connectivity index is 1.98. The molecule has 0 saturated heterocycles. The quantitative estimate of drug-likeness (QED) is 0.299. The lowest BCUT2D eigenvalue weighted by Crippen LogP contribution is -2.14. The highest BCUT2D eigenvalue weighted by Gasteiger charge is 2.13. The van der Waals surface area contributed by atoms with E-state index in [0.717, 1.165) is 15.9 Å². The minimum atomic E-state index is -0.0408. The fourth-order valence-corrected chi connectivity index (χ4v) is 3.15. The fourth-order valence-electron chi connectivity index (χ4n) is 1.95. The third-order valence-corrected chi connectivity index (χ3v) is 4.39. The highest BCUT2D eigenvalue weighted by atomic mass is 35.5. The SMILES string of the molecule is N/C(=N/O)c1ccnc(Sc2cc3ccccc3[nH]2)c1Cl. The van der Waals surface area contributed by atoms with Crippen LogP contribution in [0.3, 0.4) is 0 Å². The summed E-state index contributed by atoms with van der Waals surface area (Å²) in [7, 11) is 0. The zero-order valence-corrected chi connectivity index (χ0v) is 12.3. The molecule has 2 aromatic heterocycles. The van der Waals surface area contributed by atoms with E-state index in [1.54, 1.807) is 12.3 Å². The number of nitrogens with one attached hydrogen (secondary N) is 1. The molecule has 21 heavy (non-hydrogen) atoms. The lowest BCUT2D eigenvalue weighted by Gasteiger charge is -2.06.